The summed E-state index contributed by atoms with van der Waals surface area (Å²) in [4.78, 5) is 27.6. The summed E-state index contributed by atoms with van der Waals surface area (Å²) >= 11 is 0. The molecule has 6 heteroatoms. The van der Waals surface area contributed by atoms with Crippen LogP contribution in [0.2, 0.25) is 0 Å². The van der Waals surface area contributed by atoms with Crippen LogP contribution < -0.4 is 9.64 Å². The number of benzene rings is 3. The zero-order valence-electron chi connectivity index (χ0n) is 17.8. The van der Waals surface area contributed by atoms with E-state index in [0.29, 0.717) is 22.6 Å². The Bertz CT molecular complexity index is 1200. The van der Waals surface area contributed by atoms with Crippen LogP contribution in [-0.2, 0) is 16.0 Å². The Morgan fingerprint density at radius 1 is 1.00 bits per heavy atom. The van der Waals surface area contributed by atoms with Gasteiger partial charge in [0.25, 0.3) is 11.7 Å². The minimum absolute atomic E-state index is 0.00671. The quantitative estimate of drug-likeness (QED) is 0.352. The van der Waals surface area contributed by atoms with Crippen LogP contribution in [0.3, 0.4) is 0 Å². The van der Waals surface area contributed by atoms with Crippen molar-refractivity contribution in [1.29, 1.82) is 0 Å². The second-order valence-electron chi connectivity index (χ2n) is 7.51. The maximum absolute atomic E-state index is 13.1. The van der Waals surface area contributed by atoms with E-state index in [1.165, 1.54) is 24.1 Å². The number of hydrogen-bond donors (Lipinski definition) is 2. The molecule has 0 spiro atoms. The van der Waals surface area contributed by atoms with Gasteiger partial charge in [0, 0.05) is 17.3 Å². The van der Waals surface area contributed by atoms with E-state index >= 15 is 0 Å². The van der Waals surface area contributed by atoms with E-state index in [2.05, 4.69) is 0 Å². The lowest BCUT2D eigenvalue weighted by atomic mass is 9.94. The highest BCUT2D eigenvalue weighted by molar-refractivity contribution is 6.51. The van der Waals surface area contributed by atoms with Crippen LogP contribution >= 0.6 is 0 Å². The molecule has 1 aliphatic heterocycles. The van der Waals surface area contributed by atoms with Gasteiger partial charge in [-0.2, -0.15) is 0 Å². The van der Waals surface area contributed by atoms with Crippen molar-refractivity contribution in [2.24, 2.45) is 0 Å². The number of methoxy groups -OCH3 is 1. The number of anilines is 1. The molecule has 32 heavy (non-hydrogen) atoms. The van der Waals surface area contributed by atoms with E-state index in [-0.39, 0.29) is 17.1 Å². The van der Waals surface area contributed by atoms with E-state index in [1.54, 1.807) is 48.5 Å². The first kappa shape index (κ1) is 21.2. The Hall–Kier alpha value is -4.06. The molecule has 1 amide bonds. The average Bonchev–Trinajstić information content (AvgIpc) is 3.09. The fourth-order valence-corrected chi connectivity index (χ4v) is 3.88. The van der Waals surface area contributed by atoms with Crippen molar-refractivity contribution < 1.29 is 24.5 Å². The highest BCUT2D eigenvalue weighted by atomic mass is 16.5. The highest BCUT2D eigenvalue weighted by Crippen LogP contribution is 2.43. The first-order valence-corrected chi connectivity index (χ1v) is 10.3. The van der Waals surface area contributed by atoms with Gasteiger partial charge < -0.3 is 14.9 Å². The molecule has 0 saturated carbocycles. The molecule has 6 nitrogen and oxygen atoms in total. The largest absolute Gasteiger partial charge is 0.508 e. The number of rotatable bonds is 5. The van der Waals surface area contributed by atoms with E-state index in [0.717, 1.165) is 12.0 Å². The molecule has 3 aromatic carbocycles. The van der Waals surface area contributed by atoms with Gasteiger partial charge in [-0.15, -0.1) is 0 Å². The topological polar surface area (TPSA) is 87.1 Å². The summed E-state index contributed by atoms with van der Waals surface area (Å²) in [5.74, 6) is -1.17. The molecule has 1 aliphatic rings. The maximum Gasteiger partial charge on any atom is 0.300 e. The smallest absolute Gasteiger partial charge is 0.300 e. The lowest BCUT2D eigenvalue weighted by molar-refractivity contribution is -0.132. The minimum atomic E-state index is -0.867. The monoisotopic (exact) mass is 429 g/mol. The molecule has 1 unspecified atom stereocenters. The van der Waals surface area contributed by atoms with Crippen molar-refractivity contribution in [1.82, 2.24) is 0 Å². The Morgan fingerprint density at radius 2 is 1.69 bits per heavy atom. The molecule has 0 radical (unpaired) electrons. The number of amides is 1. The van der Waals surface area contributed by atoms with Crippen LogP contribution in [0, 0.1) is 0 Å². The lowest BCUT2D eigenvalue weighted by Gasteiger charge is -2.25. The second kappa shape index (κ2) is 8.59. The van der Waals surface area contributed by atoms with Crippen molar-refractivity contribution in [3.63, 3.8) is 0 Å². The number of aliphatic hydroxyl groups is 1. The highest BCUT2D eigenvalue weighted by Gasteiger charge is 2.47. The van der Waals surface area contributed by atoms with E-state index in [4.69, 9.17) is 4.74 Å². The Kier molecular flexibility index (Phi) is 5.69. The predicted octanol–water partition coefficient (Wildman–Crippen LogP) is 4.59. The number of ketones is 1. The Labute approximate surface area is 186 Å². The number of hydrogen-bond acceptors (Lipinski definition) is 5. The number of phenolic OH excluding ortho intramolecular Hbond substituents is 1. The zero-order chi connectivity index (χ0) is 22.8. The second-order valence-corrected chi connectivity index (χ2v) is 7.51. The van der Waals surface area contributed by atoms with Gasteiger partial charge in [-0.3, -0.25) is 14.5 Å². The number of aryl methyl sites for hydroxylation is 1. The fourth-order valence-electron chi connectivity index (χ4n) is 3.88. The van der Waals surface area contributed by atoms with Gasteiger partial charge in [0.15, 0.2) is 0 Å². The van der Waals surface area contributed by atoms with Gasteiger partial charge in [-0.25, -0.2) is 0 Å². The van der Waals surface area contributed by atoms with Crippen LogP contribution in [0.25, 0.3) is 5.76 Å². The summed E-state index contributed by atoms with van der Waals surface area (Å²) in [6, 6.07) is 19.4. The number of carbonyl (C=O) groups is 2. The summed E-state index contributed by atoms with van der Waals surface area (Å²) in [6.45, 7) is 2.03. The number of aromatic hydroxyl groups is 1. The number of aliphatic hydroxyl groups excluding tert-OH is 1. The zero-order valence-corrected chi connectivity index (χ0v) is 17.8. The molecular formula is C26H23NO5. The minimum Gasteiger partial charge on any atom is -0.508 e. The van der Waals surface area contributed by atoms with Crippen LogP contribution in [0.4, 0.5) is 5.69 Å². The summed E-state index contributed by atoms with van der Waals surface area (Å²) in [6.07, 6.45) is 0.842. The molecule has 1 fully saturated rings. The van der Waals surface area contributed by atoms with Crippen molar-refractivity contribution in [2.75, 3.05) is 12.0 Å². The number of nitrogens with zero attached hydrogens (tertiary/aromatic N) is 1. The molecular weight excluding hydrogens is 406 g/mol. The third kappa shape index (κ3) is 3.71. The Balaban J connectivity index is 1.92. The van der Waals surface area contributed by atoms with Crippen LogP contribution in [-0.4, -0.2) is 29.0 Å². The molecule has 4 rings (SSSR count). The standard InChI is InChI=1S/C26H23NO5/c1-3-16-7-9-18(10-8-16)24(29)22-23(17-11-13-20(28)14-12-17)27(26(31)25(22)30)19-5-4-6-21(15-19)32-2/h4-15,23,28-29H,3H2,1-2H3/b24-22+. The van der Waals surface area contributed by atoms with Crippen molar-refractivity contribution in [2.45, 2.75) is 19.4 Å². The van der Waals surface area contributed by atoms with Crippen molar-refractivity contribution >= 4 is 23.1 Å². The molecule has 0 bridgehead atoms. The van der Waals surface area contributed by atoms with Gasteiger partial charge in [-0.05, 0) is 41.8 Å². The average molecular weight is 429 g/mol. The summed E-state index contributed by atoms with van der Waals surface area (Å²) < 4.78 is 5.28. The molecule has 162 valence electrons. The van der Waals surface area contributed by atoms with E-state index in [1.807, 2.05) is 19.1 Å². The number of ether oxygens (including phenoxy) is 1. The molecule has 1 heterocycles. The molecule has 3 aromatic rings. The predicted molar refractivity (Wildman–Crippen MR) is 122 cm³/mol. The first-order chi connectivity index (χ1) is 15.4. The Morgan fingerprint density at radius 3 is 2.31 bits per heavy atom. The van der Waals surface area contributed by atoms with Crippen LogP contribution in [0.5, 0.6) is 11.5 Å². The van der Waals surface area contributed by atoms with Gasteiger partial charge in [0.05, 0.1) is 18.7 Å². The van der Waals surface area contributed by atoms with Gasteiger partial charge in [0.1, 0.15) is 17.3 Å². The first-order valence-electron chi connectivity index (χ1n) is 10.3. The molecule has 1 saturated heterocycles. The molecule has 0 aromatic heterocycles. The number of phenols is 1. The molecule has 2 N–H and O–H groups in total. The van der Waals surface area contributed by atoms with Gasteiger partial charge in [-0.1, -0.05) is 49.4 Å². The fraction of sp³-hybridized carbons (Fsp3) is 0.154. The van der Waals surface area contributed by atoms with Gasteiger partial charge in [0.2, 0.25) is 0 Å². The number of carbonyl (C=O) groups excluding carboxylic acids is 2. The van der Waals surface area contributed by atoms with Crippen molar-refractivity contribution in [3.8, 4) is 11.5 Å². The summed E-state index contributed by atoms with van der Waals surface area (Å²) in [5.41, 5.74) is 2.58. The SMILES string of the molecule is CCc1ccc(/C(O)=C2\C(=O)C(=O)N(c3cccc(OC)c3)C2c2ccc(O)cc2)cc1. The normalized spacial score (nSPS) is 17.6. The van der Waals surface area contributed by atoms with Crippen LogP contribution in [0.1, 0.15) is 29.7 Å². The van der Waals surface area contributed by atoms with Crippen molar-refractivity contribution in [3.05, 3.63) is 95.1 Å². The van der Waals surface area contributed by atoms with Crippen LogP contribution in [0.15, 0.2) is 78.4 Å². The van der Waals surface area contributed by atoms with E-state index in [9.17, 15) is 19.8 Å². The third-order valence-electron chi connectivity index (χ3n) is 5.62. The molecule has 1 atom stereocenters. The van der Waals surface area contributed by atoms with E-state index < -0.39 is 17.7 Å². The summed E-state index contributed by atoms with van der Waals surface area (Å²) in [7, 11) is 1.52. The van der Waals surface area contributed by atoms with Gasteiger partial charge >= 0.3 is 0 Å². The molecule has 0 aliphatic carbocycles. The maximum atomic E-state index is 13.1. The third-order valence-corrected chi connectivity index (χ3v) is 5.62. The lowest BCUT2D eigenvalue weighted by Crippen LogP contribution is -2.29. The summed E-state index contributed by atoms with van der Waals surface area (Å²) in [5, 5.41) is 20.9. The number of Topliss-reactive ketones (excluding diaryl/α,β-unsaturated/α-hetero) is 1.